The van der Waals surface area contributed by atoms with Crippen LogP contribution in [0.25, 0.3) is 0 Å². The van der Waals surface area contributed by atoms with Gasteiger partial charge in [-0.15, -0.1) is 0 Å². The van der Waals surface area contributed by atoms with E-state index in [0.717, 1.165) is 12.8 Å². The Labute approximate surface area is 136 Å². The maximum Gasteiger partial charge on any atom is 0.217 e. The Balaban J connectivity index is 3.39. The molecular formula is C18H37NO3. The van der Waals surface area contributed by atoms with E-state index >= 15 is 0 Å². The van der Waals surface area contributed by atoms with Gasteiger partial charge in [0.2, 0.25) is 5.91 Å². The van der Waals surface area contributed by atoms with Crippen LogP contribution in [-0.2, 0) is 4.79 Å². The highest BCUT2D eigenvalue weighted by Crippen LogP contribution is 2.13. The number of carbonyl (C=O) groups is 1. The molecular weight excluding hydrogens is 278 g/mol. The van der Waals surface area contributed by atoms with E-state index in [0.29, 0.717) is 6.42 Å². The molecule has 0 aliphatic carbocycles. The van der Waals surface area contributed by atoms with Crippen LogP contribution in [0.2, 0.25) is 0 Å². The summed E-state index contributed by atoms with van der Waals surface area (Å²) >= 11 is 0. The van der Waals surface area contributed by atoms with E-state index in [1.165, 1.54) is 64.7 Å². The molecule has 132 valence electrons. The van der Waals surface area contributed by atoms with Gasteiger partial charge in [-0.1, -0.05) is 77.6 Å². The monoisotopic (exact) mass is 315 g/mol. The Bertz CT molecular complexity index is 259. The van der Waals surface area contributed by atoms with Crippen LogP contribution in [0.15, 0.2) is 0 Å². The van der Waals surface area contributed by atoms with Crippen molar-refractivity contribution < 1.29 is 15.0 Å². The summed E-state index contributed by atoms with van der Waals surface area (Å²) in [6.45, 7) is 3.44. The minimum atomic E-state index is -0.646. The molecule has 0 rings (SSSR count). The fourth-order valence-electron chi connectivity index (χ4n) is 2.74. The number of hydrogen-bond donors (Lipinski definition) is 3. The summed E-state index contributed by atoms with van der Waals surface area (Å²) in [6.07, 6.45) is 14.0. The van der Waals surface area contributed by atoms with E-state index in [2.05, 4.69) is 12.2 Å². The topological polar surface area (TPSA) is 69.6 Å². The van der Waals surface area contributed by atoms with Gasteiger partial charge in [-0.2, -0.15) is 0 Å². The summed E-state index contributed by atoms with van der Waals surface area (Å²) in [7, 11) is 0. The van der Waals surface area contributed by atoms with Crippen molar-refractivity contribution in [1.29, 1.82) is 0 Å². The number of aliphatic hydroxyl groups excluding tert-OH is 2. The van der Waals surface area contributed by atoms with Crippen LogP contribution < -0.4 is 5.32 Å². The largest absolute Gasteiger partial charge is 0.394 e. The van der Waals surface area contributed by atoms with E-state index in [1.807, 2.05) is 0 Å². The third-order valence-electron chi connectivity index (χ3n) is 4.15. The average Bonchev–Trinajstić information content (AvgIpc) is 2.49. The van der Waals surface area contributed by atoms with Gasteiger partial charge in [0.1, 0.15) is 0 Å². The molecule has 0 heterocycles. The predicted octanol–water partition coefficient (Wildman–Crippen LogP) is 3.55. The molecule has 0 saturated carbocycles. The molecule has 22 heavy (non-hydrogen) atoms. The van der Waals surface area contributed by atoms with Crippen LogP contribution in [0.4, 0.5) is 0 Å². The number of nitrogens with one attached hydrogen (secondary N) is 1. The fraction of sp³-hybridized carbons (Fsp3) is 0.944. The molecule has 0 aliphatic heterocycles. The number of rotatable bonds is 15. The molecule has 4 heteroatoms. The molecule has 4 nitrogen and oxygen atoms in total. The second-order valence-electron chi connectivity index (χ2n) is 6.38. The highest BCUT2D eigenvalue weighted by molar-refractivity contribution is 5.73. The van der Waals surface area contributed by atoms with E-state index in [-0.39, 0.29) is 12.5 Å². The van der Waals surface area contributed by atoms with Gasteiger partial charge in [-0.05, 0) is 6.42 Å². The first-order valence-corrected chi connectivity index (χ1v) is 9.17. The van der Waals surface area contributed by atoms with E-state index in [1.54, 1.807) is 0 Å². The van der Waals surface area contributed by atoms with Gasteiger partial charge in [0.05, 0.1) is 18.8 Å². The summed E-state index contributed by atoms with van der Waals surface area (Å²) in [5.74, 6) is -0.211. The lowest BCUT2D eigenvalue weighted by atomic mass is 10.0. The highest BCUT2D eigenvalue weighted by atomic mass is 16.3. The molecule has 0 bridgehead atoms. The first kappa shape index (κ1) is 21.4. The van der Waals surface area contributed by atoms with E-state index in [9.17, 15) is 9.90 Å². The van der Waals surface area contributed by atoms with Gasteiger partial charge in [0.25, 0.3) is 0 Å². The standard InChI is InChI=1S/C18H37NO3/c1-3-4-5-6-7-8-9-10-11-12-13-14-18(22)17(15-20)19-16(2)21/h17-18,20,22H,3-15H2,1-2H3,(H,19,21)/t17-,18+/m0/s1. The second-order valence-corrected chi connectivity index (χ2v) is 6.38. The van der Waals surface area contributed by atoms with Crippen molar-refractivity contribution in [2.24, 2.45) is 0 Å². The Morgan fingerprint density at radius 3 is 1.77 bits per heavy atom. The lowest BCUT2D eigenvalue weighted by molar-refractivity contribution is -0.121. The van der Waals surface area contributed by atoms with Crippen molar-refractivity contribution in [2.75, 3.05) is 6.61 Å². The van der Waals surface area contributed by atoms with Crippen LogP contribution in [0.1, 0.15) is 90.9 Å². The van der Waals surface area contributed by atoms with Crippen molar-refractivity contribution in [3.05, 3.63) is 0 Å². The summed E-state index contributed by atoms with van der Waals surface area (Å²) in [4.78, 5) is 10.9. The second kappa shape index (κ2) is 15.3. The lowest BCUT2D eigenvalue weighted by Crippen LogP contribution is -2.44. The number of carbonyl (C=O) groups excluding carboxylic acids is 1. The van der Waals surface area contributed by atoms with Gasteiger partial charge in [-0.25, -0.2) is 0 Å². The fourth-order valence-corrected chi connectivity index (χ4v) is 2.74. The molecule has 0 unspecified atom stereocenters. The van der Waals surface area contributed by atoms with Gasteiger partial charge >= 0.3 is 0 Å². The number of amides is 1. The predicted molar refractivity (Wildman–Crippen MR) is 91.8 cm³/mol. The molecule has 0 saturated heterocycles. The minimum Gasteiger partial charge on any atom is -0.394 e. The Kier molecular flexibility index (Phi) is 14.9. The summed E-state index contributed by atoms with van der Waals surface area (Å²) < 4.78 is 0. The third-order valence-corrected chi connectivity index (χ3v) is 4.15. The normalized spacial score (nSPS) is 13.8. The molecule has 0 aliphatic rings. The summed E-state index contributed by atoms with van der Waals surface area (Å²) in [5, 5.41) is 21.7. The molecule has 0 fully saturated rings. The molecule has 2 atom stereocenters. The number of aliphatic hydroxyl groups is 2. The van der Waals surface area contributed by atoms with Crippen molar-refractivity contribution in [1.82, 2.24) is 5.32 Å². The van der Waals surface area contributed by atoms with Crippen molar-refractivity contribution in [3.63, 3.8) is 0 Å². The Hall–Kier alpha value is -0.610. The summed E-state index contributed by atoms with van der Waals surface area (Å²) in [5.41, 5.74) is 0. The maximum atomic E-state index is 10.9. The first-order valence-electron chi connectivity index (χ1n) is 9.17. The number of hydrogen-bond acceptors (Lipinski definition) is 3. The van der Waals surface area contributed by atoms with Crippen molar-refractivity contribution >= 4 is 5.91 Å². The molecule has 0 aromatic rings. The summed E-state index contributed by atoms with van der Waals surface area (Å²) in [6, 6.07) is -0.527. The third kappa shape index (κ3) is 13.1. The first-order chi connectivity index (χ1) is 10.6. The minimum absolute atomic E-state index is 0.210. The van der Waals surface area contributed by atoms with Crippen LogP contribution in [0.5, 0.6) is 0 Å². The zero-order valence-corrected chi connectivity index (χ0v) is 14.6. The quantitative estimate of drug-likeness (QED) is 0.405. The molecule has 3 N–H and O–H groups in total. The maximum absolute atomic E-state index is 10.9. The van der Waals surface area contributed by atoms with Crippen LogP contribution in [0, 0.1) is 0 Å². The Morgan fingerprint density at radius 2 is 1.36 bits per heavy atom. The van der Waals surface area contributed by atoms with Crippen LogP contribution >= 0.6 is 0 Å². The molecule has 0 spiro atoms. The van der Waals surface area contributed by atoms with Gasteiger partial charge in [-0.3, -0.25) is 4.79 Å². The highest BCUT2D eigenvalue weighted by Gasteiger charge is 2.18. The van der Waals surface area contributed by atoms with Crippen molar-refractivity contribution in [2.45, 2.75) is 103 Å². The zero-order chi connectivity index (χ0) is 16.6. The Morgan fingerprint density at radius 1 is 0.909 bits per heavy atom. The van der Waals surface area contributed by atoms with E-state index < -0.39 is 12.1 Å². The van der Waals surface area contributed by atoms with Crippen LogP contribution in [-0.4, -0.2) is 34.9 Å². The van der Waals surface area contributed by atoms with Gasteiger partial charge in [0.15, 0.2) is 0 Å². The zero-order valence-electron chi connectivity index (χ0n) is 14.6. The van der Waals surface area contributed by atoms with E-state index in [4.69, 9.17) is 5.11 Å². The lowest BCUT2D eigenvalue weighted by Gasteiger charge is -2.21. The average molecular weight is 315 g/mol. The SMILES string of the molecule is CCCCCCCCCCCCC[C@@H](O)[C@H](CO)NC(C)=O. The molecule has 1 amide bonds. The molecule has 0 aromatic carbocycles. The smallest absolute Gasteiger partial charge is 0.217 e. The van der Waals surface area contributed by atoms with Gasteiger partial charge < -0.3 is 15.5 Å². The molecule has 0 aromatic heterocycles. The molecule has 0 radical (unpaired) electrons. The van der Waals surface area contributed by atoms with Crippen LogP contribution in [0.3, 0.4) is 0 Å². The number of unbranched alkanes of at least 4 members (excludes halogenated alkanes) is 10. The van der Waals surface area contributed by atoms with Crippen molar-refractivity contribution in [3.8, 4) is 0 Å². The van der Waals surface area contributed by atoms with Gasteiger partial charge in [0, 0.05) is 6.92 Å².